The van der Waals surface area contributed by atoms with Crippen molar-refractivity contribution >= 4 is 17.7 Å². The van der Waals surface area contributed by atoms with Crippen LogP contribution < -0.4 is 16.0 Å². The van der Waals surface area contributed by atoms with Gasteiger partial charge in [0, 0.05) is 6.54 Å². The largest absolute Gasteiger partial charge is 0.354 e. The zero-order valence-electron chi connectivity index (χ0n) is 11.4. The minimum Gasteiger partial charge on any atom is -0.354 e. The van der Waals surface area contributed by atoms with Crippen LogP contribution in [0.1, 0.15) is 20.8 Å². The van der Waals surface area contributed by atoms with Crippen LogP contribution in [-0.2, 0) is 19.3 Å². The molecule has 0 aromatic rings. The monoisotopic (exact) mass is 275 g/mol. The molecule has 0 aliphatic carbocycles. The normalized spacial score (nSPS) is 10.7. The summed E-state index contributed by atoms with van der Waals surface area (Å²) in [6.45, 7) is 5.46. The Labute approximate surface area is 111 Å². The molecule has 8 heteroatoms. The molecule has 0 radical (unpaired) electrons. The van der Waals surface area contributed by atoms with Gasteiger partial charge in [0.25, 0.3) is 0 Å². The molecular formula is C11H21N3O5. The molecule has 0 aromatic heterocycles. The smallest absolute Gasteiger partial charge is 0.249 e. The van der Waals surface area contributed by atoms with Gasteiger partial charge in [-0.25, -0.2) is 4.89 Å². The SMILES string of the molecule is CC(C)(C)CNC(=O)CNC(=O)CNC(=O)COO. The molecule has 0 aliphatic rings. The number of hydrogen-bond acceptors (Lipinski definition) is 5. The highest BCUT2D eigenvalue weighted by Crippen LogP contribution is 2.09. The van der Waals surface area contributed by atoms with Gasteiger partial charge >= 0.3 is 0 Å². The summed E-state index contributed by atoms with van der Waals surface area (Å²) in [5.41, 5.74) is -0.0298. The second kappa shape index (κ2) is 8.44. The first-order valence-electron chi connectivity index (χ1n) is 5.81. The van der Waals surface area contributed by atoms with Crippen molar-refractivity contribution < 1.29 is 24.5 Å². The molecule has 8 nitrogen and oxygen atoms in total. The van der Waals surface area contributed by atoms with E-state index in [1.54, 1.807) is 0 Å². The van der Waals surface area contributed by atoms with Gasteiger partial charge in [0.05, 0.1) is 13.1 Å². The third-order valence-electron chi connectivity index (χ3n) is 1.90. The van der Waals surface area contributed by atoms with E-state index in [1.165, 1.54) is 0 Å². The van der Waals surface area contributed by atoms with Crippen molar-refractivity contribution in [2.45, 2.75) is 20.8 Å². The van der Waals surface area contributed by atoms with Crippen molar-refractivity contribution in [1.82, 2.24) is 16.0 Å². The summed E-state index contributed by atoms with van der Waals surface area (Å²) in [6, 6.07) is 0. The summed E-state index contributed by atoms with van der Waals surface area (Å²) < 4.78 is 0. The van der Waals surface area contributed by atoms with Gasteiger partial charge in [-0.2, -0.15) is 0 Å². The molecule has 0 saturated heterocycles. The Kier molecular flexibility index (Phi) is 7.69. The predicted octanol–water partition coefficient (Wildman–Crippen LogP) is -1.13. The van der Waals surface area contributed by atoms with Gasteiger partial charge in [-0.15, -0.1) is 0 Å². The lowest BCUT2D eigenvalue weighted by Gasteiger charge is -2.18. The van der Waals surface area contributed by atoms with E-state index in [0.29, 0.717) is 6.54 Å². The Balaban J connectivity index is 3.73. The summed E-state index contributed by atoms with van der Waals surface area (Å²) in [5, 5.41) is 15.2. The first kappa shape index (κ1) is 17.3. The van der Waals surface area contributed by atoms with Crippen LogP contribution in [0, 0.1) is 5.41 Å². The molecule has 4 N–H and O–H groups in total. The van der Waals surface area contributed by atoms with Crippen LogP contribution in [0.25, 0.3) is 0 Å². The van der Waals surface area contributed by atoms with Crippen LogP contribution in [0.2, 0.25) is 0 Å². The minimum atomic E-state index is -0.630. The van der Waals surface area contributed by atoms with Crippen LogP contribution in [0.5, 0.6) is 0 Å². The maximum absolute atomic E-state index is 11.4. The van der Waals surface area contributed by atoms with Crippen LogP contribution in [0.4, 0.5) is 0 Å². The van der Waals surface area contributed by atoms with Crippen molar-refractivity contribution in [2.24, 2.45) is 5.41 Å². The molecule has 0 unspecified atom stereocenters. The van der Waals surface area contributed by atoms with Gasteiger partial charge < -0.3 is 16.0 Å². The number of hydrogen-bond donors (Lipinski definition) is 4. The van der Waals surface area contributed by atoms with E-state index in [9.17, 15) is 14.4 Å². The fraction of sp³-hybridized carbons (Fsp3) is 0.727. The van der Waals surface area contributed by atoms with Crippen LogP contribution in [-0.4, -0.2) is 49.2 Å². The number of nitrogens with one attached hydrogen (secondary N) is 3. The van der Waals surface area contributed by atoms with E-state index in [4.69, 9.17) is 5.26 Å². The highest BCUT2D eigenvalue weighted by atomic mass is 17.1. The lowest BCUT2D eigenvalue weighted by Crippen LogP contribution is -2.43. The van der Waals surface area contributed by atoms with Crippen molar-refractivity contribution in [3.05, 3.63) is 0 Å². The van der Waals surface area contributed by atoms with Gasteiger partial charge in [-0.05, 0) is 5.41 Å². The van der Waals surface area contributed by atoms with Crippen LogP contribution in [0.15, 0.2) is 0 Å². The lowest BCUT2D eigenvalue weighted by molar-refractivity contribution is -0.238. The predicted molar refractivity (Wildman–Crippen MR) is 67.1 cm³/mol. The fourth-order valence-corrected chi connectivity index (χ4v) is 0.956. The summed E-state index contributed by atoms with van der Waals surface area (Å²) in [5.74, 6) is -1.43. The van der Waals surface area contributed by atoms with Crippen LogP contribution in [0.3, 0.4) is 0 Å². The third kappa shape index (κ3) is 11.2. The van der Waals surface area contributed by atoms with E-state index in [0.717, 1.165) is 0 Å². The van der Waals surface area contributed by atoms with Crippen molar-refractivity contribution in [2.75, 3.05) is 26.2 Å². The molecule has 19 heavy (non-hydrogen) atoms. The van der Waals surface area contributed by atoms with Gasteiger partial charge in [0.2, 0.25) is 17.7 Å². The molecular weight excluding hydrogens is 254 g/mol. The Hall–Kier alpha value is -1.67. The van der Waals surface area contributed by atoms with E-state index in [1.807, 2.05) is 20.8 Å². The van der Waals surface area contributed by atoms with E-state index in [2.05, 4.69) is 20.8 Å². The average Bonchev–Trinajstić information content (AvgIpc) is 2.30. The zero-order chi connectivity index (χ0) is 14.9. The molecule has 0 aromatic carbocycles. The summed E-state index contributed by atoms with van der Waals surface area (Å²) >= 11 is 0. The summed E-state index contributed by atoms with van der Waals surface area (Å²) in [6.07, 6.45) is 0. The zero-order valence-corrected chi connectivity index (χ0v) is 11.4. The Bertz CT molecular complexity index is 325. The number of rotatable bonds is 7. The molecule has 0 heterocycles. The maximum Gasteiger partial charge on any atom is 0.249 e. The summed E-state index contributed by atoms with van der Waals surface area (Å²) in [7, 11) is 0. The molecule has 0 atom stereocenters. The van der Waals surface area contributed by atoms with Gasteiger partial charge in [-0.1, -0.05) is 20.8 Å². The fourth-order valence-electron chi connectivity index (χ4n) is 0.956. The third-order valence-corrected chi connectivity index (χ3v) is 1.90. The molecule has 3 amide bonds. The second-order valence-electron chi connectivity index (χ2n) is 5.16. The average molecular weight is 275 g/mol. The standard InChI is InChI=1S/C11H21N3O5/c1-11(2,3)7-14-9(16)5-12-8(15)4-13-10(17)6-19-18/h18H,4-7H2,1-3H3,(H,12,15)(H,13,17)(H,14,16). The van der Waals surface area contributed by atoms with Crippen molar-refractivity contribution in [3.8, 4) is 0 Å². The first-order chi connectivity index (χ1) is 8.74. The van der Waals surface area contributed by atoms with Gasteiger partial charge in [0.15, 0.2) is 6.61 Å². The van der Waals surface area contributed by atoms with Crippen LogP contribution >= 0.6 is 0 Å². The van der Waals surface area contributed by atoms with Gasteiger partial charge in [0.1, 0.15) is 0 Å². The first-order valence-corrected chi connectivity index (χ1v) is 5.81. The molecule has 0 spiro atoms. The number of amides is 3. The van der Waals surface area contributed by atoms with Gasteiger partial charge in [-0.3, -0.25) is 19.6 Å². The van der Waals surface area contributed by atoms with E-state index >= 15 is 0 Å². The highest BCUT2D eigenvalue weighted by Gasteiger charge is 2.12. The molecule has 0 rings (SSSR count). The summed E-state index contributed by atoms with van der Waals surface area (Å²) in [4.78, 5) is 37.0. The highest BCUT2D eigenvalue weighted by molar-refractivity contribution is 5.88. The van der Waals surface area contributed by atoms with Crippen molar-refractivity contribution in [3.63, 3.8) is 0 Å². The van der Waals surface area contributed by atoms with Crippen molar-refractivity contribution in [1.29, 1.82) is 0 Å². The molecule has 0 saturated carbocycles. The maximum atomic E-state index is 11.4. The Morgan fingerprint density at radius 1 is 0.947 bits per heavy atom. The van der Waals surface area contributed by atoms with E-state index < -0.39 is 18.4 Å². The number of carbonyl (C=O) groups excluding carboxylic acids is 3. The quantitative estimate of drug-likeness (QED) is 0.346. The lowest BCUT2D eigenvalue weighted by atomic mass is 9.97. The molecule has 0 aliphatic heterocycles. The Morgan fingerprint density at radius 3 is 1.89 bits per heavy atom. The second-order valence-corrected chi connectivity index (χ2v) is 5.16. The Morgan fingerprint density at radius 2 is 1.42 bits per heavy atom. The minimum absolute atomic E-state index is 0.0298. The number of carbonyl (C=O) groups is 3. The van der Waals surface area contributed by atoms with E-state index in [-0.39, 0.29) is 24.4 Å². The molecule has 110 valence electrons. The molecule has 0 fully saturated rings. The topological polar surface area (TPSA) is 117 Å². The molecule has 0 bridgehead atoms.